The van der Waals surface area contributed by atoms with Gasteiger partial charge in [0.15, 0.2) is 0 Å². The molecule has 0 aromatic heterocycles. The zero-order valence-corrected chi connectivity index (χ0v) is 13.0. The van der Waals surface area contributed by atoms with Gasteiger partial charge >= 0.3 is 0 Å². The number of hydrogen-bond donors (Lipinski definition) is 2. The van der Waals surface area contributed by atoms with Crippen LogP contribution >= 0.6 is 24.2 Å². The molecule has 3 unspecified atom stereocenters. The number of carbonyl (C=O) groups excluding carboxylic acids is 1. The fraction of sp³-hybridized carbons (Fsp3) is 0.533. The van der Waals surface area contributed by atoms with Crippen LogP contribution in [0.1, 0.15) is 43.5 Å². The molecule has 1 aliphatic rings. The van der Waals surface area contributed by atoms with Gasteiger partial charge in [0.25, 0.3) is 5.91 Å². The second kappa shape index (κ2) is 6.19. The summed E-state index contributed by atoms with van der Waals surface area (Å²) in [6.07, 6.45) is 3.48. The van der Waals surface area contributed by atoms with Gasteiger partial charge in [-0.1, -0.05) is 38.3 Å². The van der Waals surface area contributed by atoms with Gasteiger partial charge in [-0.2, -0.15) is 0 Å². The Bertz CT molecular complexity index is 477. The predicted molar refractivity (Wildman–Crippen MR) is 82.1 cm³/mol. The first-order chi connectivity index (χ1) is 8.99. The lowest BCUT2D eigenvalue weighted by atomic mass is 9.78. The van der Waals surface area contributed by atoms with Crippen LogP contribution in [0.2, 0.25) is 5.02 Å². The second-order valence-corrected chi connectivity index (χ2v) is 6.44. The highest BCUT2D eigenvalue weighted by molar-refractivity contribution is 7.80. The number of thiol groups is 1. The summed E-state index contributed by atoms with van der Waals surface area (Å²) in [4.78, 5) is 13.1. The monoisotopic (exact) mass is 297 g/mol. The minimum absolute atomic E-state index is 0.0909. The molecule has 1 aliphatic carbocycles. The summed E-state index contributed by atoms with van der Waals surface area (Å²) in [5, 5.41) is 3.60. The van der Waals surface area contributed by atoms with E-state index >= 15 is 0 Å². The molecule has 0 saturated heterocycles. The first-order valence-electron chi connectivity index (χ1n) is 6.78. The summed E-state index contributed by atoms with van der Waals surface area (Å²) < 4.78 is 0. The van der Waals surface area contributed by atoms with Crippen molar-refractivity contribution in [2.24, 2.45) is 11.8 Å². The Morgan fingerprint density at radius 1 is 1.37 bits per heavy atom. The first-order valence-corrected chi connectivity index (χ1v) is 7.61. The van der Waals surface area contributed by atoms with E-state index in [0.717, 1.165) is 11.3 Å². The van der Waals surface area contributed by atoms with E-state index in [4.69, 9.17) is 11.6 Å². The average Bonchev–Trinajstić information content (AvgIpc) is 2.38. The molecule has 0 bridgehead atoms. The van der Waals surface area contributed by atoms with E-state index in [9.17, 15) is 4.79 Å². The molecule has 2 nitrogen and oxygen atoms in total. The van der Waals surface area contributed by atoms with Gasteiger partial charge in [-0.25, -0.2) is 0 Å². The van der Waals surface area contributed by atoms with E-state index in [1.165, 1.54) is 12.8 Å². The summed E-state index contributed by atoms with van der Waals surface area (Å²) >= 11 is 10.3. The highest BCUT2D eigenvalue weighted by atomic mass is 35.5. The smallest absolute Gasteiger partial charge is 0.253 e. The minimum Gasteiger partial charge on any atom is -0.349 e. The summed E-state index contributed by atoms with van der Waals surface area (Å²) in [5.74, 6) is 1.08. The number of halogens is 1. The van der Waals surface area contributed by atoms with Gasteiger partial charge in [-0.3, -0.25) is 4.79 Å². The van der Waals surface area contributed by atoms with E-state index in [0.29, 0.717) is 22.4 Å². The molecule has 0 aliphatic heterocycles. The van der Waals surface area contributed by atoms with Crippen molar-refractivity contribution in [3.8, 4) is 0 Å². The Kier molecular flexibility index (Phi) is 4.80. The molecule has 19 heavy (non-hydrogen) atoms. The van der Waals surface area contributed by atoms with Crippen LogP contribution in [0.5, 0.6) is 0 Å². The lowest BCUT2D eigenvalue weighted by Gasteiger charge is -2.34. The minimum atomic E-state index is -0.0909. The number of amides is 1. The van der Waals surface area contributed by atoms with Gasteiger partial charge in [0.2, 0.25) is 0 Å². The highest BCUT2D eigenvalue weighted by Gasteiger charge is 2.28. The maximum atomic E-state index is 12.3. The van der Waals surface area contributed by atoms with E-state index in [1.54, 1.807) is 18.2 Å². The van der Waals surface area contributed by atoms with Crippen LogP contribution in [0, 0.1) is 11.8 Å². The molecule has 4 heteroatoms. The summed E-state index contributed by atoms with van der Waals surface area (Å²) in [6.45, 7) is 4.47. The zero-order valence-electron chi connectivity index (χ0n) is 11.3. The second-order valence-electron chi connectivity index (χ2n) is 5.51. The van der Waals surface area contributed by atoms with Gasteiger partial charge in [0.1, 0.15) is 0 Å². The summed E-state index contributed by atoms with van der Waals surface area (Å²) in [5.41, 5.74) is 0.514. The van der Waals surface area contributed by atoms with Crippen molar-refractivity contribution in [3.05, 3.63) is 28.8 Å². The van der Waals surface area contributed by atoms with Crippen molar-refractivity contribution in [1.29, 1.82) is 0 Å². The van der Waals surface area contributed by atoms with E-state index < -0.39 is 0 Å². The molecule has 0 spiro atoms. The van der Waals surface area contributed by atoms with E-state index in [2.05, 4.69) is 31.8 Å². The Labute approximate surface area is 125 Å². The molecule has 1 aromatic carbocycles. The number of hydrogen-bond acceptors (Lipinski definition) is 2. The molecule has 2 rings (SSSR count). The van der Waals surface area contributed by atoms with Crippen LogP contribution in [0.25, 0.3) is 0 Å². The molecular formula is C15H20ClNOS. The topological polar surface area (TPSA) is 29.1 Å². The van der Waals surface area contributed by atoms with Crippen molar-refractivity contribution < 1.29 is 4.79 Å². The number of nitrogens with one attached hydrogen (secondary N) is 1. The fourth-order valence-electron chi connectivity index (χ4n) is 2.72. The third-order valence-corrected chi connectivity index (χ3v) is 4.83. The maximum Gasteiger partial charge on any atom is 0.253 e. The molecule has 1 N–H and O–H groups in total. The average molecular weight is 298 g/mol. The van der Waals surface area contributed by atoms with Gasteiger partial charge < -0.3 is 5.32 Å². The van der Waals surface area contributed by atoms with Crippen LogP contribution in [-0.4, -0.2) is 11.9 Å². The SMILES string of the molecule is CC1CCCC(NC(=O)c2cc(S)ccc2Cl)C1C. The predicted octanol–water partition coefficient (Wildman–Crippen LogP) is 4.18. The van der Waals surface area contributed by atoms with Crippen LogP contribution in [0.4, 0.5) is 0 Å². The molecule has 1 fully saturated rings. The lowest BCUT2D eigenvalue weighted by molar-refractivity contribution is 0.0891. The number of carbonyl (C=O) groups is 1. The molecule has 0 radical (unpaired) electrons. The molecule has 1 saturated carbocycles. The van der Waals surface area contributed by atoms with Crippen LogP contribution in [0.3, 0.4) is 0 Å². The van der Waals surface area contributed by atoms with Crippen molar-refractivity contribution in [3.63, 3.8) is 0 Å². The van der Waals surface area contributed by atoms with Crippen molar-refractivity contribution in [2.45, 2.75) is 44.0 Å². The standard InChI is InChI=1S/C15H20ClNOS/c1-9-4-3-5-14(10(9)2)17-15(18)12-8-11(19)6-7-13(12)16/h6-10,14,19H,3-5H2,1-2H3,(H,17,18). The fourth-order valence-corrected chi connectivity index (χ4v) is 3.13. The quantitative estimate of drug-likeness (QED) is 0.788. The molecule has 0 heterocycles. The first kappa shape index (κ1) is 14.7. The lowest BCUT2D eigenvalue weighted by Crippen LogP contribution is -2.43. The largest absolute Gasteiger partial charge is 0.349 e. The van der Waals surface area contributed by atoms with Gasteiger partial charge in [-0.15, -0.1) is 12.6 Å². The van der Waals surface area contributed by atoms with E-state index in [1.807, 2.05) is 0 Å². The van der Waals surface area contributed by atoms with Gasteiger partial charge in [0.05, 0.1) is 10.6 Å². The Hall–Kier alpha value is -0.670. The number of benzene rings is 1. The highest BCUT2D eigenvalue weighted by Crippen LogP contribution is 2.30. The normalized spacial score (nSPS) is 27.1. The van der Waals surface area contributed by atoms with Gasteiger partial charge in [0, 0.05) is 10.9 Å². The zero-order chi connectivity index (χ0) is 14.0. The Balaban J connectivity index is 2.10. The van der Waals surface area contributed by atoms with Crippen LogP contribution in [0.15, 0.2) is 23.1 Å². The van der Waals surface area contributed by atoms with Crippen molar-refractivity contribution >= 4 is 30.1 Å². The molecule has 1 aromatic rings. The molecule has 3 atom stereocenters. The van der Waals surface area contributed by atoms with Crippen molar-refractivity contribution in [2.75, 3.05) is 0 Å². The summed E-state index contributed by atoms with van der Waals surface area (Å²) in [6, 6.07) is 5.47. The molecule has 104 valence electrons. The van der Waals surface area contributed by atoms with E-state index in [-0.39, 0.29) is 11.9 Å². The third kappa shape index (κ3) is 3.46. The molecule has 1 amide bonds. The molecular weight excluding hydrogens is 278 g/mol. The van der Waals surface area contributed by atoms with Crippen molar-refractivity contribution in [1.82, 2.24) is 5.32 Å². The van der Waals surface area contributed by atoms with Gasteiger partial charge in [-0.05, 0) is 36.5 Å². The maximum absolute atomic E-state index is 12.3. The third-order valence-electron chi connectivity index (χ3n) is 4.22. The Morgan fingerprint density at radius 3 is 2.84 bits per heavy atom. The Morgan fingerprint density at radius 2 is 2.11 bits per heavy atom. The van der Waals surface area contributed by atoms with Crippen LogP contribution in [-0.2, 0) is 0 Å². The van der Waals surface area contributed by atoms with Crippen LogP contribution < -0.4 is 5.32 Å². The number of rotatable bonds is 2. The summed E-state index contributed by atoms with van der Waals surface area (Å²) in [7, 11) is 0.